The molecule has 0 unspecified atom stereocenters. The topological polar surface area (TPSA) is 84.9 Å². The molecule has 2 aromatic carbocycles. The van der Waals surface area contributed by atoms with E-state index in [1.807, 2.05) is 32.9 Å². The van der Waals surface area contributed by atoms with Gasteiger partial charge in [0.15, 0.2) is 11.5 Å². The highest BCUT2D eigenvalue weighted by atomic mass is 32.2. The van der Waals surface area contributed by atoms with E-state index in [0.29, 0.717) is 18.0 Å². The number of carbonyl (C=O) groups is 1. The van der Waals surface area contributed by atoms with E-state index in [1.165, 1.54) is 17.0 Å². The number of fused-ring (bicyclic) bond motifs is 1. The van der Waals surface area contributed by atoms with Crippen LogP contribution in [0.3, 0.4) is 0 Å². The minimum absolute atomic E-state index is 0.139. The Kier molecular flexibility index (Phi) is 6.14. The van der Waals surface area contributed by atoms with E-state index >= 15 is 0 Å². The molecule has 1 atom stereocenters. The number of hydrogen-bond acceptors (Lipinski definition) is 5. The molecule has 1 heterocycles. The Morgan fingerprint density at radius 1 is 1.10 bits per heavy atom. The van der Waals surface area contributed by atoms with Crippen molar-refractivity contribution < 1.29 is 22.7 Å². The van der Waals surface area contributed by atoms with Gasteiger partial charge in [-0.15, -0.1) is 0 Å². The maximum atomic E-state index is 13.0. The maximum Gasteiger partial charge on any atom is 0.241 e. The number of aryl methyl sites for hydroxylation is 1. The summed E-state index contributed by atoms with van der Waals surface area (Å²) in [6.07, 6.45) is 0. The molecule has 0 fully saturated rings. The van der Waals surface area contributed by atoms with Crippen LogP contribution in [-0.2, 0) is 21.4 Å². The summed E-state index contributed by atoms with van der Waals surface area (Å²) in [5.74, 6) is 0.799. The monoisotopic (exact) mass is 418 g/mol. The molecule has 29 heavy (non-hydrogen) atoms. The molecule has 1 amide bonds. The summed E-state index contributed by atoms with van der Waals surface area (Å²) in [4.78, 5) is 14.7. The van der Waals surface area contributed by atoms with Gasteiger partial charge in [0.25, 0.3) is 0 Å². The zero-order valence-corrected chi connectivity index (χ0v) is 17.8. The smallest absolute Gasteiger partial charge is 0.241 e. The largest absolute Gasteiger partial charge is 0.454 e. The number of nitrogens with zero attached hydrogens (tertiary/aromatic N) is 1. The zero-order valence-electron chi connectivity index (χ0n) is 17.0. The second kappa shape index (κ2) is 8.42. The van der Waals surface area contributed by atoms with E-state index in [-0.39, 0.29) is 23.5 Å². The molecule has 0 bridgehead atoms. The minimum atomic E-state index is -3.81. The normalized spacial score (nSPS) is 14.1. The Hall–Kier alpha value is -2.58. The molecule has 2 aromatic rings. The first-order valence-electron chi connectivity index (χ1n) is 9.40. The molecule has 8 heteroatoms. The molecule has 1 N–H and O–H groups in total. The van der Waals surface area contributed by atoms with Crippen molar-refractivity contribution in [2.75, 3.05) is 13.8 Å². The number of hydrogen-bond donors (Lipinski definition) is 1. The molecular formula is C21H26N2O5S. The summed E-state index contributed by atoms with van der Waals surface area (Å²) in [6.45, 7) is 6.02. The van der Waals surface area contributed by atoms with Crippen LogP contribution < -0.4 is 14.2 Å². The van der Waals surface area contributed by atoms with Crippen molar-refractivity contribution in [3.8, 4) is 11.5 Å². The van der Waals surface area contributed by atoms with Gasteiger partial charge < -0.3 is 14.4 Å². The van der Waals surface area contributed by atoms with Crippen LogP contribution in [0, 0.1) is 12.8 Å². The Balaban J connectivity index is 1.74. The van der Waals surface area contributed by atoms with E-state index in [4.69, 9.17) is 9.47 Å². The second-order valence-corrected chi connectivity index (χ2v) is 9.25. The van der Waals surface area contributed by atoms with Crippen molar-refractivity contribution in [2.45, 2.75) is 38.3 Å². The average Bonchev–Trinajstić information content (AvgIpc) is 3.13. The standard InChI is InChI=1S/C21H26N2O5S/c1-14(2)20(22-29(25,26)17-8-5-15(3)6-9-17)21(24)23(4)12-16-7-10-18-19(11-16)28-13-27-18/h5-11,14,20,22H,12-13H2,1-4H3/t20-/m0/s1. The lowest BCUT2D eigenvalue weighted by Gasteiger charge is -2.27. The second-order valence-electron chi connectivity index (χ2n) is 7.54. The van der Waals surface area contributed by atoms with Crippen molar-refractivity contribution in [2.24, 2.45) is 5.92 Å². The number of carbonyl (C=O) groups excluding carboxylic acids is 1. The SMILES string of the molecule is Cc1ccc(S(=O)(=O)N[C@H](C(=O)N(C)Cc2ccc3c(c2)OCO3)C(C)C)cc1. The quantitative estimate of drug-likeness (QED) is 0.747. The molecule has 0 aliphatic carbocycles. The number of ether oxygens (including phenoxy) is 2. The number of rotatable bonds is 7. The lowest BCUT2D eigenvalue weighted by Crippen LogP contribution is -2.49. The summed E-state index contributed by atoms with van der Waals surface area (Å²) in [6, 6.07) is 11.1. The summed E-state index contributed by atoms with van der Waals surface area (Å²) >= 11 is 0. The molecule has 0 spiro atoms. The van der Waals surface area contributed by atoms with E-state index in [2.05, 4.69) is 4.72 Å². The molecule has 3 rings (SSSR count). The van der Waals surface area contributed by atoms with Gasteiger partial charge in [0.05, 0.1) is 4.90 Å². The predicted octanol–water partition coefficient (Wildman–Crippen LogP) is 2.69. The molecule has 7 nitrogen and oxygen atoms in total. The minimum Gasteiger partial charge on any atom is -0.454 e. The van der Waals surface area contributed by atoms with Crippen LogP contribution in [0.15, 0.2) is 47.4 Å². The lowest BCUT2D eigenvalue weighted by molar-refractivity contribution is -0.133. The van der Waals surface area contributed by atoms with Crippen molar-refractivity contribution in [1.82, 2.24) is 9.62 Å². The molecule has 0 radical (unpaired) electrons. The van der Waals surface area contributed by atoms with E-state index in [9.17, 15) is 13.2 Å². The first kappa shape index (κ1) is 21.1. The Bertz CT molecular complexity index is 987. The van der Waals surface area contributed by atoms with Gasteiger partial charge in [-0.05, 0) is 42.7 Å². The van der Waals surface area contributed by atoms with Gasteiger partial charge in [0, 0.05) is 13.6 Å². The Morgan fingerprint density at radius 3 is 2.41 bits per heavy atom. The summed E-state index contributed by atoms with van der Waals surface area (Å²) < 4.78 is 38.8. The van der Waals surface area contributed by atoms with Crippen LogP contribution in [0.5, 0.6) is 11.5 Å². The third kappa shape index (κ3) is 4.89. The average molecular weight is 419 g/mol. The number of benzene rings is 2. The fourth-order valence-electron chi connectivity index (χ4n) is 3.05. The fraction of sp³-hybridized carbons (Fsp3) is 0.381. The molecule has 0 aromatic heterocycles. The lowest BCUT2D eigenvalue weighted by atomic mass is 10.0. The zero-order chi connectivity index (χ0) is 21.2. The van der Waals surface area contributed by atoms with Crippen LogP contribution in [-0.4, -0.2) is 39.1 Å². The Morgan fingerprint density at radius 2 is 1.76 bits per heavy atom. The third-order valence-corrected chi connectivity index (χ3v) is 6.24. The number of sulfonamides is 1. The fourth-order valence-corrected chi connectivity index (χ4v) is 4.39. The van der Waals surface area contributed by atoms with Crippen LogP contribution >= 0.6 is 0 Å². The van der Waals surface area contributed by atoms with Crippen LogP contribution in [0.1, 0.15) is 25.0 Å². The van der Waals surface area contributed by atoms with Crippen molar-refractivity contribution >= 4 is 15.9 Å². The van der Waals surface area contributed by atoms with Gasteiger partial charge in [-0.25, -0.2) is 8.42 Å². The van der Waals surface area contributed by atoms with Gasteiger partial charge in [-0.3, -0.25) is 4.79 Å². The highest BCUT2D eigenvalue weighted by Gasteiger charge is 2.30. The van der Waals surface area contributed by atoms with Crippen LogP contribution in [0.2, 0.25) is 0 Å². The first-order valence-corrected chi connectivity index (χ1v) is 10.9. The maximum absolute atomic E-state index is 13.0. The first-order chi connectivity index (χ1) is 13.7. The van der Waals surface area contributed by atoms with Crippen molar-refractivity contribution in [1.29, 1.82) is 0 Å². The summed E-state index contributed by atoms with van der Waals surface area (Å²) in [7, 11) is -2.16. The summed E-state index contributed by atoms with van der Waals surface area (Å²) in [5, 5.41) is 0. The molecule has 0 saturated heterocycles. The number of amides is 1. The molecule has 0 saturated carbocycles. The Labute approximate surface area is 171 Å². The van der Waals surface area contributed by atoms with E-state index in [0.717, 1.165) is 11.1 Å². The molecule has 156 valence electrons. The van der Waals surface area contributed by atoms with Crippen LogP contribution in [0.4, 0.5) is 0 Å². The molecular weight excluding hydrogens is 392 g/mol. The van der Waals surface area contributed by atoms with E-state index < -0.39 is 16.1 Å². The predicted molar refractivity (Wildman–Crippen MR) is 109 cm³/mol. The van der Waals surface area contributed by atoms with Gasteiger partial charge >= 0.3 is 0 Å². The van der Waals surface area contributed by atoms with Crippen LogP contribution in [0.25, 0.3) is 0 Å². The highest BCUT2D eigenvalue weighted by molar-refractivity contribution is 7.89. The van der Waals surface area contributed by atoms with Crippen molar-refractivity contribution in [3.05, 3.63) is 53.6 Å². The molecule has 1 aliphatic rings. The van der Waals surface area contributed by atoms with E-state index in [1.54, 1.807) is 25.2 Å². The van der Waals surface area contributed by atoms with Gasteiger partial charge in [0.1, 0.15) is 6.04 Å². The van der Waals surface area contributed by atoms with Gasteiger partial charge in [0.2, 0.25) is 22.7 Å². The molecule has 1 aliphatic heterocycles. The van der Waals surface area contributed by atoms with Gasteiger partial charge in [-0.2, -0.15) is 4.72 Å². The van der Waals surface area contributed by atoms with Crippen molar-refractivity contribution in [3.63, 3.8) is 0 Å². The number of nitrogens with one attached hydrogen (secondary N) is 1. The highest BCUT2D eigenvalue weighted by Crippen LogP contribution is 2.32. The number of likely N-dealkylation sites (N-methyl/N-ethyl adjacent to an activating group) is 1. The summed E-state index contributed by atoms with van der Waals surface area (Å²) in [5.41, 5.74) is 1.83. The third-order valence-electron chi connectivity index (χ3n) is 4.78. The van der Waals surface area contributed by atoms with Gasteiger partial charge in [-0.1, -0.05) is 37.6 Å².